The van der Waals surface area contributed by atoms with Gasteiger partial charge in [0.15, 0.2) is 11.5 Å². The zero-order valence-electron chi connectivity index (χ0n) is 19.4. The lowest BCUT2D eigenvalue weighted by atomic mass is 9.70. The van der Waals surface area contributed by atoms with Crippen molar-refractivity contribution in [2.75, 3.05) is 25.0 Å². The van der Waals surface area contributed by atoms with Crippen molar-refractivity contribution in [2.45, 2.75) is 44.5 Å². The minimum absolute atomic E-state index is 0.0760. The minimum atomic E-state index is -1.07. The Balaban J connectivity index is 1.26. The van der Waals surface area contributed by atoms with Crippen LogP contribution in [0.5, 0.6) is 11.5 Å². The van der Waals surface area contributed by atoms with Crippen molar-refractivity contribution in [1.82, 2.24) is 4.90 Å². The summed E-state index contributed by atoms with van der Waals surface area (Å²) in [6.45, 7) is 5.72. The van der Waals surface area contributed by atoms with Gasteiger partial charge in [-0.05, 0) is 50.8 Å². The molecule has 2 saturated heterocycles. The van der Waals surface area contributed by atoms with Crippen LogP contribution in [-0.4, -0.2) is 58.3 Å². The summed E-state index contributed by atoms with van der Waals surface area (Å²) in [4.78, 5) is 26.2. The number of hydrogen-bond acceptors (Lipinski definition) is 6. The van der Waals surface area contributed by atoms with E-state index in [2.05, 4.69) is 10.2 Å². The second kappa shape index (κ2) is 8.60. The van der Waals surface area contributed by atoms with Crippen LogP contribution in [0.3, 0.4) is 0 Å². The van der Waals surface area contributed by atoms with E-state index in [0.29, 0.717) is 11.4 Å². The summed E-state index contributed by atoms with van der Waals surface area (Å²) >= 11 is 0. The summed E-state index contributed by atoms with van der Waals surface area (Å²) in [5, 5.41) is 22.4. The Morgan fingerprint density at radius 2 is 1.97 bits per heavy atom. The number of phenolic OH excluding ortho intramolecular Hbond substituents is 1. The zero-order chi connectivity index (χ0) is 24.0. The third kappa shape index (κ3) is 4.12. The highest BCUT2D eigenvalue weighted by molar-refractivity contribution is 6.01. The number of hydrogen-bond donors (Lipinski definition) is 3. The Labute approximate surface area is 198 Å². The second-order valence-corrected chi connectivity index (χ2v) is 10.0. The van der Waals surface area contributed by atoms with E-state index in [-0.39, 0.29) is 47.8 Å². The fourth-order valence-corrected chi connectivity index (χ4v) is 5.69. The van der Waals surface area contributed by atoms with Gasteiger partial charge in [-0.15, -0.1) is 0 Å². The number of aromatic carboxylic acids is 1. The average Bonchev–Trinajstić information content (AvgIpc) is 2.79. The maximum Gasteiger partial charge on any atom is 0.337 e. The van der Waals surface area contributed by atoms with Gasteiger partial charge in [-0.25, -0.2) is 4.79 Å². The van der Waals surface area contributed by atoms with Gasteiger partial charge in [0.2, 0.25) is 5.91 Å². The molecular weight excluding hydrogens is 436 g/mol. The molecule has 8 heteroatoms. The summed E-state index contributed by atoms with van der Waals surface area (Å²) in [6.07, 6.45) is 1.66. The number of aromatic hydroxyl groups is 1. The highest BCUT2D eigenvalue weighted by Gasteiger charge is 2.51. The fourth-order valence-electron chi connectivity index (χ4n) is 5.69. The van der Waals surface area contributed by atoms with Crippen molar-refractivity contribution in [3.8, 4) is 11.5 Å². The van der Waals surface area contributed by atoms with Gasteiger partial charge < -0.3 is 25.0 Å². The predicted octanol–water partition coefficient (Wildman–Crippen LogP) is 3.67. The molecule has 0 aromatic heterocycles. The SMILES string of the molecule is CC1(C)Oc2c(O)cccc2[C@H]2O[C@H]3CCN(CC(=O)Nc4ccccc4C(=O)O)C[C@H]3C[C@@H]21. The van der Waals surface area contributed by atoms with E-state index >= 15 is 0 Å². The second-order valence-electron chi connectivity index (χ2n) is 10.0. The highest BCUT2D eigenvalue weighted by atomic mass is 16.5. The molecule has 3 aliphatic heterocycles. The molecule has 4 atom stereocenters. The molecule has 5 rings (SSSR count). The number of ether oxygens (including phenoxy) is 2. The minimum Gasteiger partial charge on any atom is -0.504 e. The Bertz CT molecular complexity index is 1120. The van der Waals surface area contributed by atoms with E-state index in [1.807, 2.05) is 26.0 Å². The number of piperidine rings is 1. The molecule has 0 bridgehead atoms. The van der Waals surface area contributed by atoms with Crippen LogP contribution in [0.15, 0.2) is 42.5 Å². The van der Waals surface area contributed by atoms with Gasteiger partial charge in [-0.2, -0.15) is 0 Å². The van der Waals surface area contributed by atoms with Crippen LogP contribution in [0.1, 0.15) is 48.7 Å². The molecule has 0 unspecified atom stereocenters. The molecule has 2 aromatic rings. The van der Waals surface area contributed by atoms with Crippen LogP contribution in [0.4, 0.5) is 5.69 Å². The number of rotatable bonds is 4. The lowest BCUT2D eigenvalue weighted by Gasteiger charge is -2.53. The number of nitrogens with one attached hydrogen (secondary N) is 1. The first-order valence-corrected chi connectivity index (χ1v) is 11.7. The quantitative estimate of drug-likeness (QED) is 0.631. The maximum absolute atomic E-state index is 12.7. The van der Waals surface area contributed by atoms with Crippen LogP contribution >= 0.6 is 0 Å². The summed E-state index contributed by atoms with van der Waals surface area (Å²) < 4.78 is 12.9. The molecule has 1 amide bonds. The number of fused-ring (bicyclic) bond motifs is 4. The predicted molar refractivity (Wildman–Crippen MR) is 125 cm³/mol. The molecule has 2 fully saturated rings. The van der Waals surface area contributed by atoms with Gasteiger partial charge in [0.05, 0.1) is 30.0 Å². The molecular formula is C26H30N2O6. The van der Waals surface area contributed by atoms with Crippen LogP contribution in [0, 0.1) is 11.8 Å². The first-order valence-electron chi connectivity index (χ1n) is 11.7. The Kier molecular flexibility index (Phi) is 5.73. The smallest absolute Gasteiger partial charge is 0.337 e. The monoisotopic (exact) mass is 466 g/mol. The molecule has 0 spiro atoms. The largest absolute Gasteiger partial charge is 0.504 e. The molecule has 3 N–H and O–H groups in total. The molecule has 3 heterocycles. The normalized spacial score (nSPS) is 27.5. The van der Waals surface area contributed by atoms with Crippen molar-refractivity contribution in [3.05, 3.63) is 53.6 Å². The number of nitrogens with zero attached hydrogens (tertiary/aromatic N) is 1. The number of phenols is 1. The number of carboxylic acid groups (broad SMARTS) is 1. The number of carboxylic acids is 1. The molecule has 0 aliphatic carbocycles. The number of anilines is 1. The third-order valence-corrected chi connectivity index (χ3v) is 7.38. The van der Waals surface area contributed by atoms with Crippen molar-refractivity contribution in [1.29, 1.82) is 0 Å². The molecule has 0 radical (unpaired) electrons. The van der Waals surface area contributed by atoms with E-state index in [9.17, 15) is 19.8 Å². The van der Waals surface area contributed by atoms with Crippen LogP contribution in [-0.2, 0) is 9.53 Å². The molecule has 2 aromatic carbocycles. The summed E-state index contributed by atoms with van der Waals surface area (Å²) in [5.41, 5.74) is 0.789. The van der Waals surface area contributed by atoms with Crippen LogP contribution in [0.2, 0.25) is 0 Å². The zero-order valence-corrected chi connectivity index (χ0v) is 19.4. The number of amides is 1. The third-order valence-electron chi connectivity index (χ3n) is 7.38. The molecule has 3 aliphatic rings. The Hall–Kier alpha value is -3.10. The standard InChI is InChI=1S/C26H30N2O6/c1-26(2)18-12-15-13-28(14-22(30)27-19-8-4-3-6-16(19)25(31)32)11-10-21(15)33-23(18)17-7-5-9-20(29)24(17)34-26/h3-9,15,18,21,23,29H,10-14H2,1-2H3,(H,27,30)(H,31,32)/t15-,18+,21+,23-/m1/s1. The van der Waals surface area contributed by atoms with Gasteiger partial charge in [0.1, 0.15) is 5.60 Å². The van der Waals surface area contributed by atoms with E-state index in [4.69, 9.17) is 9.47 Å². The average molecular weight is 467 g/mol. The van der Waals surface area contributed by atoms with Gasteiger partial charge in [0.25, 0.3) is 0 Å². The Morgan fingerprint density at radius 1 is 1.18 bits per heavy atom. The topological polar surface area (TPSA) is 108 Å². The molecule has 34 heavy (non-hydrogen) atoms. The summed E-state index contributed by atoms with van der Waals surface area (Å²) in [5.74, 6) is -0.261. The van der Waals surface area contributed by atoms with Gasteiger partial charge in [-0.3, -0.25) is 9.69 Å². The van der Waals surface area contributed by atoms with E-state index < -0.39 is 11.6 Å². The lowest BCUT2D eigenvalue weighted by molar-refractivity contribution is -0.187. The van der Waals surface area contributed by atoms with Crippen molar-refractivity contribution in [3.63, 3.8) is 0 Å². The summed E-state index contributed by atoms with van der Waals surface area (Å²) in [6, 6.07) is 11.8. The van der Waals surface area contributed by atoms with Crippen molar-refractivity contribution in [2.24, 2.45) is 11.8 Å². The number of benzene rings is 2. The van der Waals surface area contributed by atoms with E-state index in [1.165, 1.54) is 6.07 Å². The van der Waals surface area contributed by atoms with Gasteiger partial charge in [-0.1, -0.05) is 24.3 Å². The lowest BCUT2D eigenvalue weighted by Crippen LogP contribution is -2.55. The van der Waals surface area contributed by atoms with E-state index in [1.54, 1.807) is 24.3 Å². The first-order chi connectivity index (χ1) is 16.2. The van der Waals surface area contributed by atoms with Gasteiger partial charge in [0, 0.05) is 24.6 Å². The number of para-hydroxylation sites is 2. The number of carbonyl (C=O) groups is 2. The first kappa shape index (κ1) is 22.7. The highest BCUT2D eigenvalue weighted by Crippen LogP contribution is 2.54. The summed E-state index contributed by atoms with van der Waals surface area (Å²) in [7, 11) is 0. The number of carbonyl (C=O) groups excluding carboxylic acids is 1. The van der Waals surface area contributed by atoms with E-state index in [0.717, 1.165) is 31.5 Å². The Morgan fingerprint density at radius 3 is 2.76 bits per heavy atom. The van der Waals surface area contributed by atoms with Gasteiger partial charge >= 0.3 is 5.97 Å². The maximum atomic E-state index is 12.7. The molecule has 8 nitrogen and oxygen atoms in total. The number of likely N-dealkylation sites (tertiary alicyclic amines) is 1. The van der Waals surface area contributed by atoms with Crippen LogP contribution < -0.4 is 10.1 Å². The van der Waals surface area contributed by atoms with Crippen molar-refractivity contribution >= 4 is 17.6 Å². The van der Waals surface area contributed by atoms with Crippen LogP contribution in [0.25, 0.3) is 0 Å². The molecule has 180 valence electrons. The fraction of sp³-hybridized carbons (Fsp3) is 0.462. The molecule has 0 saturated carbocycles. The van der Waals surface area contributed by atoms with Crippen molar-refractivity contribution < 1.29 is 29.3 Å².